The molecule has 31 heavy (non-hydrogen) atoms. The van der Waals surface area contributed by atoms with Gasteiger partial charge in [-0.2, -0.15) is 0 Å². The molecule has 0 saturated heterocycles. The molecule has 0 spiro atoms. The minimum Gasteiger partial charge on any atom is -0.494 e. The van der Waals surface area contributed by atoms with Gasteiger partial charge in [0, 0.05) is 5.56 Å². The van der Waals surface area contributed by atoms with E-state index in [0.717, 1.165) is 31.7 Å². The molecule has 0 fully saturated rings. The lowest BCUT2D eigenvalue weighted by molar-refractivity contribution is 0.0877. The SMILES string of the molecule is CCCCCCOc1ccc(C(=O)NNS(=O)(=O)c2ccc3c(c2)C(=O)NC3=O)cc1. The van der Waals surface area contributed by atoms with E-state index in [9.17, 15) is 22.8 Å². The Kier molecular flexibility index (Phi) is 7.03. The van der Waals surface area contributed by atoms with Crippen LogP contribution in [0.1, 0.15) is 63.7 Å². The van der Waals surface area contributed by atoms with Crippen molar-refractivity contribution in [1.29, 1.82) is 0 Å². The van der Waals surface area contributed by atoms with E-state index in [1.807, 2.05) is 4.83 Å². The van der Waals surface area contributed by atoms with Gasteiger partial charge in [0.1, 0.15) is 5.75 Å². The number of carbonyl (C=O) groups is 3. The first-order valence-electron chi connectivity index (χ1n) is 9.86. The fourth-order valence-corrected chi connectivity index (χ4v) is 3.85. The molecule has 1 aliphatic rings. The maximum absolute atomic E-state index is 12.4. The van der Waals surface area contributed by atoms with Gasteiger partial charge in [0.05, 0.1) is 22.6 Å². The number of carbonyl (C=O) groups excluding carboxylic acids is 3. The van der Waals surface area contributed by atoms with Crippen LogP contribution in [0.3, 0.4) is 0 Å². The third-order valence-electron chi connectivity index (χ3n) is 4.70. The zero-order valence-corrected chi connectivity index (χ0v) is 17.8. The Morgan fingerprint density at radius 2 is 1.68 bits per heavy atom. The average Bonchev–Trinajstić information content (AvgIpc) is 3.05. The maximum Gasteiger partial charge on any atom is 0.266 e. The highest BCUT2D eigenvalue weighted by Gasteiger charge is 2.28. The summed E-state index contributed by atoms with van der Waals surface area (Å²) in [5.74, 6) is -1.29. The van der Waals surface area contributed by atoms with E-state index in [1.54, 1.807) is 12.1 Å². The number of hydrazine groups is 1. The van der Waals surface area contributed by atoms with Gasteiger partial charge >= 0.3 is 0 Å². The third kappa shape index (κ3) is 5.47. The molecule has 2 aromatic rings. The first kappa shape index (κ1) is 22.4. The van der Waals surface area contributed by atoms with Crippen molar-refractivity contribution in [2.75, 3.05) is 6.61 Å². The molecule has 1 heterocycles. The Bertz CT molecular complexity index is 1100. The molecular formula is C21H23N3O6S. The van der Waals surface area contributed by atoms with Gasteiger partial charge in [-0.3, -0.25) is 25.1 Å². The average molecular weight is 445 g/mol. The minimum absolute atomic E-state index is 0.0375. The van der Waals surface area contributed by atoms with E-state index in [4.69, 9.17) is 4.74 Å². The fourth-order valence-electron chi connectivity index (χ4n) is 2.98. The van der Waals surface area contributed by atoms with E-state index in [0.29, 0.717) is 12.4 Å². The van der Waals surface area contributed by atoms with Crippen LogP contribution in [0.25, 0.3) is 0 Å². The molecule has 3 rings (SSSR count). The molecule has 3 amide bonds. The predicted octanol–water partition coefficient (Wildman–Crippen LogP) is 2.15. The summed E-state index contributed by atoms with van der Waals surface area (Å²) in [6.45, 7) is 2.73. The monoisotopic (exact) mass is 445 g/mol. The molecular weight excluding hydrogens is 422 g/mol. The molecule has 164 valence electrons. The van der Waals surface area contributed by atoms with Gasteiger partial charge in [0.15, 0.2) is 0 Å². The lowest BCUT2D eigenvalue weighted by atomic mass is 10.1. The van der Waals surface area contributed by atoms with E-state index in [2.05, 4.69) is 17.7 Å². The molecule has 0 aromatic heterocycles. The van der Waals surface area contributed by atoms with Crippen molar-refractivity contribution in [2.24, 2.45) is 0 Å². The number of nitrogens with one attached hydrogen (secondary N) is 3. The molecule has 2 aromatic carbocycles. The summed E-state index contributed by atoms with van der Waals surface area (Å²) in [6.07, 6.45) is 4.36. The van der Waals surface area contributed by atoms with E-state index >= 15 is 0 Å². The largest absolute Gasteiger partial charge is 0.494 e. The number of rotatable bonds is 10. The smallest absolute Gasteiger partial charge is 0.266 e. The van der Waals surface area contributed by atoms with E-state index < -0.39 is 27.7 Å². The topological polar surface area (TPSA) is 131 Å². The van der Waals surface area contributed by atoms with Gasteiger partial charge in [0.25, 0.3) is 27.7 Å². The Morgan fingerprint density at radius 3 is 2.39 bits per heavy atom. The molecule has 0 bridgehead atoms. The normalized spacial score (nSPS) is 12.9. The zero-order chi connectivity index (χ0) is 22.4. The van der Waals surface area contributed by atoms with E-state index in [-0.39, 0.29) is 21.6 Å². The molecule has 0 unspecified atom stereocenters. The summed E-state index contributed by atoms with van der Waals surface area (Å²) < 4.78 is 30.5. The highest BCUT2D eigenvalue weighted by Crippen LogP contribution is 2.20. The van der Waals surface area contributed by atoms with Crippen LogP contribution in [-0.2, 0) is 10.0 Å². The molecule has 9 nitrogen and oxygen atoms in total. The quantitative estimate of drug-likeness (QED) is 0.292. The molecule has 0 atom stereocenters. The van der Waals surface area contributed by atoms with Crippen LogP contribution < -0.4 is 20.3 Å². The highest BCUT2D eigenvalue weighted by molar-refractivity contribution is 7.89. The van der Waals surface area contributed by atoms with Crippen LogP contribution in [-0.4, -0.2) is 32.7 Å². The number of benzene rings is 2. The van der Waals surface area contributed by atoms with Crippen molar-refractivity contribution in [2.45, 2.75) is 37.5 Å². The predicted molar refractivity (Wildman–Crippen MR) is 112 cm³/mol. The molecule has 0 saturated carbocycles. The van der Waals surface area contributed by atoms with Gasteiger partial charge < -0.3 is 4.74 Å². The summed E-state index contributed by atoms with van der Waals surface area (Å²) in [6, 6.07) is 9.83. The lowest BCUT2D eigenvalue weighted by Crippen LogP contribution is -2.41. The summed E-state index contributed by atoms with van der Waals surface area (Å²) in [5, 5.41) is 2.09. The summed E-state index contributed by atoms with van der Waals surface area (Å²) >= 11 is 0. The van der Waals surface area contributed by atoms with Gasteiger partial charge in [-0.25, -0.2) is 8.42 Å². The van der Waals surface area contributed by atoms with Crippen molar-refractivity contribution in [1.82, 2.24) is 15.6 Å². The summed E-state index contributed by atoms with van der Waals surface area (Å²) in [7, 11) is -4.15. The fraction of sp³-hybridized carbons (Fsp3) is 0.286. The number of amides is 3. The molecule has 10 heteroatoms. The van der Waals surface area contributed by atoms with E-state index in [1.165, 1.54) is 24.3 Å². The van der Waals surface area contributed by atoms with Gasteiger partial charge in [-0.15, -0.1) is 4.83 Å². The Hall–Kier alpha value is -3.24. The number of ether oxygens (including phenoxy) is 1. The molecule has 0 aliphatic carbocycles. The number of unbranched alkanes of at least 4 members (excludes halogenated alkanes) is 3. The number of imide groups is 1. The number of hydrogen-bond donors (Lipinski definition) is 3. The maximum atomic E-state index is 12.4. The molecule has 3 N–H and O–H groups in total. The molecule has 1 aliphatic heterocycles. The summed E-state index contributed by atoms with van der Waals surface area (Å²) in [4.78, 5) is 37.3. The van der Waals surface area contributed by atoms with Crippen LogP contribution in [0.15, 0.2) is 47.4 Å². The van der Waals surface area contributed by atoms with Gasteiger partial charge in [-0.05, 0) is 48.9 Å². The second-order valence-electron chi connectivity index (χ2n) is 6.98. The van der Waals surface area contributed by atoms with Crippen molar-refractivity contribution in [3.8, 4) is 5.75 Å². The number of fused-ring (bicyclic) bond motifs is 1. The second kappa shape index (κ2) is 9.71. The van der Waals surface area contributed by atoms with Crippen LogP contribution in [0.4, 0.5) is 0 Å². The highest BCUT2D eigenvalue weighted by atomic mass is 32.2. The van der Waals surface area contributed by atoms with Crippen molar-refractivity contribution in [3.63, 3.8) is 0 Å². The first-order chi connectivity index (χ1) is 14.8. The third-order valence-corrected chi connectivity index (χ3v) is 5.95. The van der Waals surface area contributed by atoms with Gasteiger partial charge in [-0.1, -0.05) is 26.2 Å². The Balaban J connectivity index is 1.57. The van der Waals surface area contributed by atoms with Crippen LogP contribution in [0.2, 0.25) is 0 Å². The van der Waals surface area contributed by atoms with Crippen LogP contribution in [0, 0.1) is 0 Å². The number of hydrogen-bond acceptors (Lipinski definition) is 6. The zero-order valence-electron chi connectivity index (χ0n) is 16.9. The van der Waals surface area contributed by atoms with Crippen molar-refractivity contribution in [3.05, 3.63) is 59.2 Å². The Labute approximate surface area is 180 Å². The number of sulfonamides is 1. The Morgan fingerprint density at radius 1 is 0.968 bits per heavy atom. The van der Waals surface area contributed by atoms with Crippen LogP contribution >= 0.6 is 0 Å². The van der Waals surface area contributed by atoms with Gasteiger partial charge in [0.2, 0.25) is 0 Å². The second-order valence-corrected chi connectivity index (χ2v) is 8.67. The molecule has 0 radical (unpaired) electrons. The standard InChI is InChI=1S/C21H23N3O6S/c1-2-3-4-5-12-30-15-8-6-14(7-9-15)19(25)23-24-31(28,29)16-10-11-17-18(13-16)21(27)22-20(17)26/h6-11,13,24H,2-5,12H2,1H3,(H,23,25)(H,22,26,27). The lowest BCUT2D eigenvalue weighted by Gasteiger charge is -2.10. The first-order valence-corrected chi connectivity index (χ1v) is 11.3. The van der Waals surface area contributed by atoms with Crippen molar-refractivity contribution >= 4 is 27.7 Å². The minimum atomic E-state index is -4.15. The van der Waals surface area contributed by atoms with Crippen LogP contribution in [0.5, 0.6) is 5.75 Å². The van der Waals surface area contributed by atoms with Crippen molar-refractivity contribution < 1.29 is 27.5 Å². The summed E-state index contributed by atoms with van der Waals surface area (Å²) in [5.41, 5.74) is 2.42.